The van der Waals surface area contributed by atoms with Crippen molar-refractivity contribution in [1.29, 1.82) is 0 Å². The molecule has 0 aromatic heterocycles. The van der Waals surface area contributed by atoms with Crippen molar-refractivity contribution in [1.82, 2.24) is 5.32 Å². The standard InChI is InChI=1S/C15H23N3O3/c1-15(2,3)11-6-4-10(5-7-11)8-12(16)9-21-14(20)18-13(17)19/h4-7,12H,8-9,16H2,1-3H3,(H3,17,18,19,20)/p+1. The molecule has 0 fully saturated rings. The van der Waals surface area contributed by atoms with Crippen molar-refractivity contribution in [3.63, 3.8) is 0 Å². The van der Waals surface area contributed by atoms with E-state index in [1.807, 2.05) is 5.32 Å². The van der Waals surface area contributed by atoms with Crippen LogP contribution in [0.5, 0.6) is 0 Å². The van der Waals surface area contributed by atoms with Crippen molar-refractivity contribution >= 4 is 12.1 Å². The first-order chi connectivity index (χ1) is 9.68. The highest BCUT2D eigenvalue weighted by Crippen LogP contribution is 2.22. The number of quaternary nitrogens is 1. The number of urea groups is 1. The molecule has 0 aliphatic heterocycles. The minimum Gasteiger partial charge on any atom is -0.443 e. The minimum atomic E-state index is -0.932. The van der Waals surface area contributed by atoms with E-state index in [0.717, 1.165) is 5.56 Å². The van der Waals surface area contributed by atoms with E-state index < -0.39 is 12.1 Å². The molecular weight excluding hydrogens is 270 g/mol. The van der Waals surface area contributed by atoms with Crippen LogP contribution in [0.2, 0.25) is 0 Å². The average molecular weight is 294 g/mol. The van der Waals surface area contributed by atoms with Crippen LogP contribution in [-0.2, 0) is 16.6 Å². The maximum atomic E-state index is 11.1. The number of ether oxygens (including phenoxy) is 1. The van der Waals surface area contributed by atoms with Gasteiger partial charge >= 0.3 is 12.1 Å². The molecule has 0 aliphatic carbocycles. The van der Waals surface area contributed by atoms with Gasteiger partial charge in [0.2, 0.25) is 0 Å². The highest BCUT2D eigenvalue weighted by atomic mass is 16.5. The largest absolute Gasteiger partial charge is 0.443 e. The van der Waals surface area contributed by atoms with Crippen LogP contribution < -0.4 is 16.8 Å². The first-order valence-corrected chi connectivity index (χ1v) is 6.84. The fourth-order valence-corrected chi connectivity index (χ4v) is 1.86. The molecule has 6 heteroatoms. The molecule has 0 heterocycles. The number of rotatable bonds is 4. The summed E-state index contributed by atoms with van der Waals surface area (Å²) in [5.41, 5.74) is 11.3. The van der Waals surface area contributed by atoms with Crippen LogP contribution in [0.3, 0.4) is 0 Å². The van der Waals surface area contributed by atoms with Crippen LogP contribution in [0.15, 0.2) is 24.3 Å². The SMILES string of the molecule is CC(C)(C)c1ccc(CC([NH3+])COC(=O)NC(N)=O)cc1. The van der Waals surface area contributed by atoms with Gasteiger partial charge in [0.1, 0.15) is 12.6 Å². The van der Waals surface area contributed by atoms with Crippen LogP contribution in [0.1, 0.15) is 31.9 Å². The molecule has 0 saturated carbocycles. The number of hydrogen-bond donors (Lipinski definition) is 3. The summed E-state index contributed by atoms with van der Waals surface area (Å²) >= 11 is 0. The third-order valence-electron chi connectivity index (χ3n) is 3.02. The lowest BCUT2D eigenvalue weighted by molar-refractivity contribution is -0.424. The summed E-state index contributed by atoms with van der Waals surface area (Å²) in [5.74, 6) is 0. The Kier molecular flexibility index (Phi) is 5.72. The normalized spacial score (nSPS) is 12.6. The highest BCUT2D eigenvalue weighted by Gasteiger charge is 2.15. The second-order valence-electron chi connectivity index (χ2n) is 6.10. The van der Waals surface area contributed by atoms with Gasteiger partial charge in [-0.25, -0.2) is 14.9 Å². The van der Waals surface area contributed by atoms with Crippen molar-refractivity contribution in [3.05, 3.63) is 35.4 Å². The van der Waals surface area contributed by atoms with Gasteiger partial charge in [-0.05, 0) is 16.5 Å². The number of hydrogen-bond acceptors (Lipinski definition) is 3. The maximum absolute atomic E-state index is 11.1. The summed E-state index contributed by atoms with van der Waals surface area (Å²) in [6.45, 7) is 6.62. The molecule has 1 aromatic rings. The second kappa shape index (κ2) is 7.08. The van der Waals surface area contributed by atoms with Gasteiger partial charge in [-0.15, -0.1) is 0 Å². The topological polar surface area (TPSA) is 109 Å². The van der Waals surface area contributed by atoms with E-state index in [-0.39, 0.29) is 18.1 Å². The lowest BCUT2D eigenvalue weighted by atomic mass is 9.86. The summed E-state index contributed by atoms with van der Waals surface area (Å²) in [6.07, 6.45) is -0.159. The molecule has 1 unspecified atom stereocenters. The van der Waals surface area contributed by atoms with E-state index in [2.05, 4.69) is 50.8 Å². The van der Waals surface area contributed by atoms with E-state index in [0.29, 0.717) is 6.42 Å². The molecule has 3 amide bonds. The Morgan fingerprint density at radius 2 is 1.86 bits per heavy atom. The van der Waals surface area contributed by atoms with E-state index in [4.69, 9.17) is 10.5 Å². The lowest BCUT2D eigenvalue weighted by Crippen LogP contribution is -2.64. The number of benzene rings is 1. The van der Waals surface area contributed by atoms with Crippen LogP contribution in [0.4, 0.5) is 9.59 Å². The quantitative estimate of drug-likeness (QED) is 0.768. The summed E-state index contributed by atoms with van der Waals surface area (Å²) in [4.78, 5) is 21.6. The van der Waals surface area contributed by atoms with Gasteiger partial charge in [0, 0.05) is 6.42 Å². The fourth-order valence-electron chi connectivity index (χ4n) is 1.86. The molecule has 1 rings (SSSR count). The third-order valence-corrected chi connectivity index (χ3v) is 3.02. The number of alkyl carbamates (subject to hydrolysis) is 1. The zero-order valence-electron chi connectivity index (χ0n) is 12.8. The number of carbonyl (C=O) groups excluding carboxylic acids is 2. The number of imide groups is 1. The molecule has 0 aliphatic rings. The minimum absolute atomic E-state index is 0.0934. The maximum Gasteiger partial charge on any atom is 0.415 e. The van der Waals surface area contributed by atoms with Gasteiger partial charge < -0.3 is 16.2 Å². The Hall–Kier alpha value is -2.08. The Labute approximate surface area is 124 Å². The van der Waals surface area contributed by atoms with Gasteiger partial charge in [0.15, 0.2) is 0 Å². The van der Waals surface area contributed by atoms with Crippen molar-refractivity contribution in [2.24, 2.45) is 5.73 Å². The Bertz CT molecular complexity index is 492. The van der Waals surface area contributed by atoms with Crippen LogP contribution >= 0.6 is 0 Å². The molecule has 1 atom stereocenters. The summed E-state index contributed by atoms with van der Waals surface area (Å²) < 4.78 is 4.85. The zero-order valence-corrected chi connectivity index (χ0v) is 12.8. The van der Waals surface area contributed by atoms with E-state index in [1.165, 1.54) is 5.56 Å². The van der Waals surface area contributed by atoms with Crippen molar-refractivity contribution < 1.29 is 20.1 Å². The fraction of sp³-hybridized carbons (Fsp3) is 0.467. The Balaban J connectivity index is 2.46. The van der Waals surface area contributed by atoms with Gasteiger partial charge in [0.05, 0.1) is 0 Å². The number of primary amides is 1. The van der Waals surface area contributed by atoms with Gasteiger partial charge in [0.25, 0.3) is 0 Å². The highest BCUT2D eigenvalue weighted by molar-refractivity contribution is 5.89. The summed E-state index contributed by atoms with van der Waals surface area (Å²) in [5, 5.41) is 1.84. The molecule has 0 spiro atoms. The Morgan fingerprint density at radius 1 is 1.29 bits per heavy atom. The molecular formula is C15H24N3O3+. The molecule has 6 N–H and O–H groups in total. The van der Waals surface area contributed by atoms with E-state index in [1.54, 1.807) is 0 Å². The second-order valence-corrected chi connectivity index (χ2v) is 6.10. The molecule has 0 radical (unpaired) electrons. The average Bonchev–Trinajstić information content (AvgIpc) is 2.35. The summed E-state index contributed by atoms with van der Waals surface area (Å²) in [6, 6.07) is 7.29. The Morgan fingerprint density at radius 3 is 2.33 bits per heavy atom. The number of nitrogens with two attached hydrogens (primary N) is 1. The van der Waals surface area contributed by atoms with Crippen LogP contribution in [0, 0.1) is 0 Å². The third kappa shape index (κ3) is 6.27. The first kappa shape index (κ1) is 17.0. The first-order valence-electron chi connectivity index (χ1n) is 6.84. The molecule has 21 heavy (non-hydrogen) atoms. The molecule has 0 saturated heterocycles. The number of amides is 3. The molecule has 6 nitrogen and oxygen atoms in total. The predicted octanol–water partition coefficient (Wildman–Crippen LogP) is 0.942. The van der Waals surface area contributed by atoms with Crippen molar-refractivity contribution in [2.75, 3.05) is 6.61 Å². The van der Waals surface area contributed by atoms with E-state index in [9.17, 15) is 9.59 Å². The van der Waals surface area contributed by atoms with Crippen molar-refractivity contribution in [2.45, 2.75) is 38.6 Å². The molecule has 116 valence electrons. The number of nitrogens with one attached hydrogen (secondary N) is 1. The van der Waals surface area contributed by atoms with Crippen molar-refractivity contribution in [3.8, 4) is 0 Å². The smallest absolute Gasteiger partial charge is 0.415 e. The van der Waals surface area contributed by atoms with E-state index >= 15 is 0 Å². The van der Waals surface area contributed by atoms with Crippen LogP contribution in [-0.4, -0.2) is 24.8 Å². The van der Waals surface area contributed by atoms with Crippen LogP contribution in [0.25, 0.3) is 0 Å². The lowest BCUT2D eigenvalue weighted by Gasteiger charge is -2.19. The molecule has 1 aromatic carbocycles. The van der Waals surface area contributed by atoms with Gasteiger partial charge in [-0.2, -0.15) is 0 Å². The predicted molar refractivity (Wildman–Crippen MR) is 79.6 cm³/mol. The monoisotopic (exact) mass is 294 g/mol. The number of carbonyl (C=O) groups is 2. The van der Waals surface area contributed by atoms with Gasteiger partial charge in [-0.1, -0.05) is 45.0 Å². The molecule has 0 bridgehead atoms. The zero-order chi connectivity index (χ0) is 16.0. The summed E-state index contributed by atoms with van der Waals surface area (Å²) in [7, 11) is 0. The van der Waals surface area contributed by atoms with Gasteiger partial charge in [-0.3, -0.25) is 0 Å².